The number of anilines is 1. The molecule has 1 aromatic carbocycles. The van der Waals surface area contributed by atoms with Crippen LogP contribution in [0.25, 0.3) is 11.4 Å². The van der Waals surface area contributed by atoms with Gasteiger partial charge in [0.05, 0.1) is 12.6 Å². The van der Waals surface area contributed by atoms with E-state index in [0.717, 1.165) is 5.56 Å². The predicted octanol–water partition coefficient (Wildman–Crippen LogP) is 0.908. The smallest absolute Gasteiger partial charge is 0.181 e. The molecule has 5 nitrogen and oxygen atoms in total. The summed E-state index contributed by atoms with van der Waals surface area (Å²) in [6.45, 7) is 2.15. The number of aliphatic hydroxyl groups is 1. The molecule has 2 rings (SSSR count). The molecule has 0 aliphatic rings. The SMILES string of the molecule is CC(O)Cn1cnc(-c2cccc(N)c2)n1. The molecular weight excluding hydrogens is 204 g/mol. The van der Waals surface area contributed by atoms with Crippen molar-refractivity contribution in [2.24, 2.45) is 0 Å². The van der Waals surface area contributed by atoms with E-state index in [1.807, 2.05) is 24.3 Å². The maximum atomic E-state index is 9.22. The van der Waals surface area contributed by atoms with Gasteiger partial charge in [0, 0.05) is 11.3 Å². The number of nitrogen functional groups attached to an aromatic ring is 1. The second-order valence-electron chi connectivity index (χ2n) is 3.76. The molecule has 3 N–H and O–H groups in total. The first-order valence-corrected chi connectivity index (χ1v) is 5.08. The van der Waals surface area contributed by atoms with Crippen molar-refractivity contribution in [2.45, 2.75) is 19.6 Å². The first kappa shape index (κ1) is 10.6. The molecule has 1 aromatic heterocycles. The second kappa shape index (κ2) is 4.32. The predicted molar refractivity (Wildman–Crippen MR) is 61.6 cm³/mol. The van der Waals surface area contributed by atoms with E-state index in [4.69, 9.17) is 5.73 Å². The van der Waals surface area contributed by atoms with Crippen molar-refractivity contribution in [3.05, 3.63) is 30.6 Å². The molecule has 1 unspecified atom stereocenters. The van der Waals surface area contributed by atoms with Crippen LogP contribution in [0.2, 0.25) is 0 Å². The van der Waals surface area contributed by atoms with Crippen molar-refractivity contribution >= 4 is 5.69 Å². The number of aromatic nitrogens is 3. The molecule has 0 saturated heterocycles. The molecule has 0 saturated carbocycles. The summed E-state index contributed by atoms with van der Waals surface area (Å²) in [6.07, 6.45) is 1.17. The van der Waals surface area contributed by atoms with Crippen molar-refractivity contribution in [2.75, 3.05) is 5.73 Å². The minimum atomic E-state index is -0.435. The minimum absolute atomic E-state index is 0.435. The van der Waals surface area contributed by atoms with E-state index in [-0.39, 0.29) is 0 Å². The largest absolute Gasteiger partial charge is 0.399 e. The molecule has 0 aliphatic carbocycles. The molecule has 5 heteroatoms. The molecular formula is C11H14N4O. The first-order valence-electron chi connectivity index (χ1n) is 5.08. The Labute approximate surface area is 93.5 Å². The van der Waals surface area contributed by atoms with Gasteiger partial charge in [-0.1, -0.05) is 12.1 Å². The van der Waals surface area contributed by atoms with Crippen LogP contribution in [0.1, 0.15) is 6.92 Å². The molecule has 0 bridgehead atoms. The van der Waals surface area contributed by atoms with Gasteiger partial charge in [0.2, 0.25) is 0 Å². The number of nitrogens with two attached hydrogens (primary N) is 1. The van der Waals surface area contributed by atoms with Gasteiger partial charge in [-0.05, 0) is 19.1 Å². The molecule has 1 atom stereocenters. The van der Waals surface area contributed by atoms with Crippen molar-refractivity contribution in [3.63, 3.8) is 0 Å². The van der Waals surface area contributed by atoms with Crippen molar-refractivity contribution < 1.29 is 5.11 Å². The fraction of sp³-hybridized carbons (Fsp3) is 0.273. The molecule has 0 fully saturated rings. The zero-order valence-electron chi connectivity index (χ0n) is 9.04. The number of hydrogen-bond donors (Lipinski definition) is 2. The summed E-state index contributed by atoms with van der Waals surface area (Å²) in [6, 6.07) is 7.40. The van der Waals surface area contributed by atoms with Crippen LogP contribution in [-0.2, 0) is 6.54 Å². The number of nitrogens with zero attached hydrogens (tertiary/aromatic N) is 3. The van der Waals surface area contributed by atoms with E-state index in [9.17, 15) is 5.11 Å². The summed E-state index contributed by atoms with van der Waals surface area (Å²) in [5, 5.41) is 13.5. The van der Waals surface area contributed by atoms with Gasteiger partial charge in [0.1, 0.15) is 6.33 Å². The zero-order valence-corrected chi connectivity index (χ0v) is 9.04. The highest BCUT2D eigenvalue weighted by Gasteiger charge is 2.05. The summed E-state index contributed by atoms with van der Waals surface area (Å²) >= 11 is 0. The lowest BCUT2D eigenvalue weighted by Gasteiger charge is -2.02. The van der Waals surface area contributed by atoms with E-state index in [2.05, 4.69) is 10.1 Å². The highest BCUT2D eigenvalue weighted by molar-refractivity contribution is 5.60. The summed E-state index contributed by atoms with van der Waals surface area (Å²) in [5.41, 5.74) is 7.24. The third-order valence-electron chi connectivity index (χ3n) is 2.13. The Morgan fingerprint density at radius 1 is 1.50 bits per heavy atom. The minimum Gasteiger partial charge on any atom is -0.399 e. The molecule has 2 aromatic rings. The van der Waals surface area contributed by atoms with E-state index in [0.29, 0.717) is 18.1 Å². The summed E-state index contributed by atoms with van der Waals surface area (Å²) < 4.78 is 1.61. The normalized spacial score (nSPS) is 12.6. The van der Waals surface area contributed by atoms with Crippen molar-refractivity contribution in [3.8, 4) is 11.4 Å². The Balaban J connectivity index is 2.24. The molecule has 0 spiro atoms. The van der Waals surface area contributed by atoms with Crippen LogP contribution in [-0.4, -0.2) is 26.0 Å². The van der Waals surface area contributed by atoms with Crippen LogP contribution < -0.4 is 5.73 Å². The van der Waals surface area contributed by atoms with Gasteiger partial charge in [-0.15, -0.1) is 0 Å². The Morgan fingerprint density at radius 2 is 2.31 bits per heavy atom. The monoisotopic (exact) mass is 218 g/mol. The van der Waals surface area contributed by atoms with Crippen LogP contribution in [0.4, 0.5) is 5.69 Å². The van der Waals surface area contributed by atoms with Crippen LogP contribution in [0.3, 0.4) is 0 Å². The Kier molecular flexibility index (Phi) is 2.87. The fourth-order valence-corrected chi connectivity index (χ4v) is 1.46. The first-order chi connectivity index (χ1) is 7.65. The van der Waals surface area contributed by atoms with E-state index in [1.54, 1.807) is 17.9 Å². The molecule has 16 heavy (non-hydrogen) atoms. The maximum absolute atomic E-state index is 9.22. The quantitative estimate of drug-likeness (QED) is 0.751. The average molecular weight is 218 g/mol. The molecule has 0 radical (unpaired) electrons. The lowest BCUT2D eigenvalue weighted by atomic mass is 10.2. The number of aliphatic hydroxyl groups excluding tert-OH is 1. The fourth-order valence-electron chi connectivity index (χ4n) is 1.46. The highest BCUT2D eigenvalue weighted by Crippen LogP contribution is 2.16. The van der Waals surface area contributed by atoms with E-state index < -0.39 is 6.10 Å². The standard InChI is InChI=1S/C11H14N4O/c1-8(16)6-15-7-13-11(14-15)9-3-2-4-10(12)5-9/h2-5,7-8,16H,6,12H2,1H3. The third kappa shape index (κ3) is 2.38. The topological polar surface area (TPSA) is 77.0 Å². The zero-order chi connectivity index (χ0) is 11.5. The molecule has 1 heterocycles. The van der Waals surface area contributed by atoms with Gasteiger partial charge < -0.3 is 10.8 Å². The van der Waals surface area contributed by atoms with E-state index in [1.165, 1.54) is 0 Å². The van der Waals surface area contributed by atoms with E-state index >= 15 is 0 Å². The van der Waals surface area contributed by atoms with Crippen LogP contribution >= 0.6 is 0 Å². The van der Waals surface area contributed by atoms with Gasteiger partial charge in [0.15, 0.2) is 5.82 Å². The Bertz CT molecular complexity index is 478. The number of rotatable bonds is 3. The van der Waals surface area contributed by atoms with Gasteiger partial charge in [0.25, 0.3) is 0 Å². The number of hydrogen-bond acceptors (Lipinski definition) is 4. The lowest BCUT2D eigenvalue weighted by Crippen LogP contribution is -2.11. The van der Waals surface area contributed by atoms with Crippen LogP contribution in [0, 0.1) is 0 Å². The highest BCUT2D eigenvalue weighted by atomic mass is 16.3. The maximum Gasteiger partial charge on any atom is 0.181 e. The van der Waals surface area contributed by atoms with Gasteiger partial charge in [-0.2, -0.15) is 5.10 Å². The Morgan fingerprint density at radius 3 is 3.00 bits per heavy atom. The van der Waals surface area contributed by atoms with Crippen LogP contribution in [0.5, 0.6) is 0 Å². The van der Waals surface area contributed by atoms with Gasteiger partial charge in [-0.25, -0.2) is 9.67 Å². The summed E-state index contributed by atoms with van der Waals surface area (Å²) in [7, 11) is 0. The lowest BCUT2D eigenvalue weighted by molar-refractivity contribution is 0.168. The second-order valence-corrected chi connectivity index (χ2v) is 3.76. The summed E-state index contributed by atoms with van der Waals surface area (Å²) in [4.78, 5) is 4.17. The summed E-state index contributed by atoms with van der Waals surface area (Å²) in [5.74, 6) is 0.618. The molecule has 0 amide bonds. The van der Waals surface area contributed by atoms with Crippen molar-refractivity contribution in [1.29, 1.82) is 0 Å². The molecule has 0 aliphatic heterocycles. The van der Waals surface area contributed by atoms with Gasteiger partial charge >= 0.3 is 0 Å². The Hall–Kier alpha value is -1.88. The molecule has 84 valence electrons. The van der Waals surface area contributed by atoms with Crippen molar-refractivity contribution in [1.82, 2.24) is 14.8 Å². The van der Waals surface area contributed by atoms with Gasteiger partial charge in [-0.3, -0.25) is 0 Å². The van der Waals surface area contributed by atoms with Crippen LogP contribution in [0.15, 0.2) is 30.6 Å². The average Bonchev–Trinajstić information content (AvgIpc) is 2.65. The third-order valence-corrected chi connectivity index (χ3v) is 2.13. The number of benzene rings is 1.